The highest BCUT2D eigenvalue weighted by Gasteiger charge is 2.62. The van der Waals surface area contributed by atoms with Gasteiger partial charge in [-0.05, 0) is 83.0 Å². The summed E-state index contributed by atoms with van der Waals surface area (Å²) >= 11 is 1.28. The lowest BCUT2D eigenvalue weighted by Crippen LogP contribution is -2.58. The first-order chi connectivity index (χ1) is 22.3. The molecule has 254 valence electrons. The van der Waals surface area contributed by atoms with Crippen molar-refractivity contribution in [3.05, 3.63) is 36.4 Å². The summed E-state index contributed by atoms with van der Waals surface area (Å²) in [7, 11) is -3.86. The maximum absolute atomic E-state index is 14.2. The van der Waals surface area contributed by atoms with Crippen molar-refractivity contribution in [2.75, 3.05) is 6.54 Å². The number of fused-ring (bicyclic) bond motifs is 3. The Bertz CT molecular complexity index is 1700. The molecule has 1 aromatic heterocycles. The number of hydrogen-bond donors (Lipinski definition) is 3. The fourth-order valence-corrected chi connectivity index (χ4v) is 8.31. The highest BCUT2D eigenvalue weighted by atomic mass is 32.2. The lowest BCUT2D eigenvalue weighted by atomic mass is 10.0. The summed E-state index contributed by atoms with van der Waals surface area (Å²) in [5.74, 6) is -1.85. The van der Waals surface area contributed by atoms with Crippen molar-refractivity contribution in [1.82, 2.24) is 24.6 Å². The zero-order valence-electron chi connectivity index (χ0n) is 26.7. The molecule has 2 aliphatic carbocycles. The number of ether oxygens (including phenoxy) is 2. The number of amides is 4. The van der Waals surface area contributed by atoms with Gasteiger partial charge in [0.15, 0.2) is 0 Å². The lowest BCUT2D eigenvalue weighted by Gasteiger charge is -2.30. The van der Waals surface area contributed by atoms with E-state index in [-0.39, 0.29) is 19.4 Å². The van der Waals surface area contributed by atoms with Crippen molar-refractivity contribution in [2.24, 2.45) is 5.92 Å². The lowest BCUT2D eigenvalue weighted by molar-refractivity contribution is -0.141. The van der Waals surface area contributed by atoms with Crippen molar-refractivity contribution < 1.29 is 37.1 Å². The molecule has 3 fully saturated rings. The standard InChI is InChI=1S/C32H41N5O8S2/c1-31(2,3)45-30(41)33-23-12-7-5-4-6-10-19-17-32(19,29(40)36-47(42,43)21-14-15-21)34-26(38)24-16-20(18-37(24)28(23)39)44-27-22-11-8-9-13-25(22)46-35-27/h6,8-11,13,19-21,23-24H,4-5,7,12,14-18H2,1-3H3,(H,33,41)(H,34,38)(H,36,40)/b10-6-/t19-,20-,23+,24+,32-/m1/s1. The Morgan fingerprint density at radius 3 is 2.64 bits per heavy atom. The predicted molar refractivity (Wildman–Crippen MR) is 174 cm³/mol. The minimum atomic E-state index is -3.86. The Morgan fingerprint density at radius 1 is 1.13 bits per heavy atom. The van der Waals surface area contributed by atoms with Gasteiger partial charge in [0.1, 0.15) is 29.3 Å². The largest absolute Gasteiger partial charge is 0.471 e. The number of nitrogens with one attached hydrogen (secondary N) is 3. The molecule has 3 N–H and O–H groups in total. The van der Waals surface area contributed by atoms with E-state index in [0.29, 0.717) is 44.4 Å². The molecule has 3 heterocycles. The van der Waals surface area contributed by atoms with Gasteiger partial charge in [-0.15, -0.1) is 0 Å². The molecule has 4 aliphatic rings. The van der Waals surface area contributed by atoms with Gasteiger partial charge in [0.25, 0.3) is 5.91 Å². The Labute approximate surface area is 278 Å². The van der Waals surface area contributed by atoms with E-state index in [1.54, 1.807) is 20.8 Å². The molecular weight excluding hydrogens is 647 g/mol. The van der Waals surface area contributed by atoms with Crippen LogP contribution in [0.1, 0.15) is 72.1 Å². The van der Waals surface area contributed by atoms with E-state index in [9.17, 15) is 27.6 Å². The number of allylic oxidation sites excluding steroid dienone is 1. The van der Waals surface area contributed by atoms with Crippen LogP contribution in [0.5, 0.6) is 5.88 Å². The number of carbonyl (C=O) groups excluding carboxylic acids is 4. The molecule has 13 nitrogen and oxygen atoms in total. The van der Waals surface area contributed by atoms with Gasteiger partial charge in [-0.2, -0.15) is 4.37 Å². The molecular formula is C32H41N5O8S2. The highest BCUT2D eigenvalue weighted by molar-refractivity contribution is 7.91. The van der Waals surface area contributed by atoms with Gasteiger partial charge in [-0.1, -0.05) is 30.7 Å². The molecule has 0 unspecified atom stereocenters. The van der Waals surface area contributed by atoms with Crippen LogP contribution in [0, 0.1) is 5.92 Å². The summed E-state index contributed by atoms with van der Waals surface area (Å²) in [5.41, 5.74) is -2.25. The monoisotopic (exact) mass is 687 g/mol. The first kappa shape index (κ1) is 33.2. The predicted octanol–water partition coefficient (Wildman–Crippen LogP) is 3.15. The first-order valence-corrected chi connectivity index (χ1v) is 18.4. The fraction of sp³-hybridized carbons (Fsp3) is 0.594. The van der Waals surface area contributed by atoms with Crippen molar-refractivity contribution in [3.8, 4) is 5.88 Å². The highest BCUT2D eigenvalue weighted by Crippen LogP contribution is 2.46. The van der Waals surface area contributed by atoms with E-state index in [1.807, 2.05) is 36.4 Å². The molecule has 1 aromatic carbocycles. The van der Waals surface area contributed by atoms with Gasteiger partial charge in [-0.25, -0.2) is 13.2 Å². The van der Waals surface area contributed by atoms with Crippen molar-refractivity contribution in [1.29, 1.82) is 0 Å². The van der Waals surface area contributed by atoms with Crippen molar-refractivity contribution in [2.45, 2.75) is 107 Å². The van der Waals surface area contributed by atoms with Crippen LogP contribution < -0.4 is 20.1 Å². The average molecular weight is 688 g/mol. The second-order valence-corrected chi connectivity index (χ2v) is 16.6. The average Bonchev–Trinajstić information content (AvgIpc) is 3.89. The molecule has 6 rings (SSSR count). The molecule has 2 aliphatic heterocycles. The van der Waals surface area contributed by atoms with E-state index in [2.05, 4.69) is 19.7 Å². The van der Waals surface area contributed by atoms with E-state index in [4.69, 9.17) is 9.47 Å². The third-order valence-electron chi connectivity index (χ3n) is 8.91. The van der Waals surface area contributed by atoms with Gasteiger partial charge in [0, 0.05) is 12.3 Å². The first-order valence-electron chi connectivity index (χ1n) is 16.1. The number of nitrogens with zero attached hydrogens (tertiary/aromatic N) is 2. The molecule has 1 saturated heterocycles. The number of benzene rings is 1. The fourth-order valence-electron chi connectivity index (χ4n) is 6.23. The third-order valence-corrected chi connectivity index (χ3v) is 11.5. The van der Waals surface area contributed by atoms with Crippen molar-refractivity contribution >= 4 is 55.5 Å². The van der Waals surface area contributed by atoms with E-state index in [0.717, 1.165) is 10.1 Å². The summed E-state index contributed by atoms with van der Waals surface area (Å²) in [5, 5.41) is 5.77. The summed E-state index contributed by atoms with van der Waals surface area (Å²) in [6.07, 6.45) is 5.97. The van der Waals surface area contributed by atoms with Gasteiger partial charge >= 0.3 is 6.09 Å². The van der Waals surface area contributed by atoms with Crippen LogP contribution in [0.3, 0.4) is 0 Å². The van der Waals surface area contributed by atoms with Gasteiger partial charge < -0.3 is 25.0 Å². The molecule has 15 heteroatoms. The quantitative estimate of drug-likeness (QED) is 0.386. The Balaban J connectivity index is 1.29. The van der Waals surface area contributed by atoms with Crippen LogP contribution in [0.4, 0.5) is 4.79 Å². The third kappa shape index (κ3) is 7.40. The van der Waals surface area contributed by atoms with Crippen LogP contribution in [0.25, 0.3) is 10.1 Å². The van der Waals surface area contributed by atoms with Gasteiger partial charge in [-0.3, -0.25) is 19.1 Å². The number of aromatic nitrogens is 1. The summed E-state index contributed by atoms with van der Waals surface area (Å²) in [6, 6.07) is 5.56. The Hall–Kier alpha value is -3.72. The number of sulfonamides is 1. The van der Waals surface area contributed by atoms with E-state index in [1.165, 1.54) is 16.4 Å². The van der Waals surface area contributed by atoms with Gasteiger partial charge in [0.2, 0.25) is 27.7 Å². The molecule has 5 atom stereocenters. The molecule has 0 bridgehead atoms. The van der Waals surface area contributed by atoms with Crippen LogP contribution >= 0.6 is 11.5 Å². The normalized spacial score (nSPS) is 29.1. The second kappa shape index (κ2) is 12.7. The number of alkyl carbamates (subject to hydrolysis) is 1. The van der Waals surface area contributed by atoms with E-state index >= 15 is 0 Å². The summed E-state index contributed by atoms with van der Waals surface area (Å²) in [4.78, 5) is 56.1. The number of rotatable bonds is 6. The zero-order chi connectivity index (χ0) is 33.6. The molecule has 0 spiro atoms. The maximum atomic E-state index is 14.2. The number of hydrogen-bond acceptors (Lipinski definition) is 10. The molecule has 2 saturated carbocycles. The minimum absolute atomic E-state index is 0.0356. The van der Waals surface area contributed by atoms with Crippen LogP contribution in [0.15, 0.2) is 36.4 Å². The minimum Gasteiger partial charge on any atom is -0.471 e. The topological polar surface area (TPSA) is 173 Å². The Morgan fingerprint density at radius 2 is 1.89 bits per heavy atom. The second-order valence-electron chi connectivity index (χ2n) is 13.8. The molecule has 0 radical (unpaired) electrons. The smallest absolute Gasteiger partial charge is 0.408 e. The Kier molecular flexibility index (Phi) is 8.98. The zero-order valence-corrected chi connectivity index (χ0v) is 28.3. The summed E-state index contributed by atoms with van der Waals surface area (Å²) in [6.45, 7) is 5.22. The molecule has 4 amide bonds. The molecule has 47 heavy (non-hydrogen) atoms. The van der Waals surface area contributed by atoms with Gasteiger partial charge in [0.05, 0.1) is 21.9 Å². The van der Waals surface area contributed by atoms with Crippen LogP contribution in [0.2, 0.25) is 0 Å². The maximum Gasteiger partial charge on any atom is 0.408 e. The number of carbonyl (C=O) groups is 4. The van der Waals surface area contributed by atoms with Crippen LogP contribution in [-0.2, 0) is 29.1 Å². The SMILES string of the molecule is CC(C)(C)OC(=O)N[C@H]1CCCC/C=C\[C@@H]2C[C@@]2(C(=O)NS(=O)(=O)C2CC2)NC(=O)[C@@H]2C[C@@H](Oc3nsc4ccccc34)CN2C1=O. The van der Waals surface area contributed by atoms with Crippen molar-refractivity contribution in [3.63, 3.8) is 0 Å². The molecule has 2 aromatic rings. The van der Waals surface area contributed by atoms with E-state index < -0.39 is 74.3 Å². The van der Waals surface area contributed by atoms with Crippen LogP contribution in [-0.4, -0.2) is 82.6 Å². The summed E-state index contributed by atoms with van der Waals surface area (Å²) < 4.78 is 44.7.